The zero-order chi connectivity index (χ0) is 36.0. The number of carboxylic acids is 1. The first-order chi connectivity index (χ1) is 22.3. The SMILES string of the molecule is C#C.C#C.C#C.C=CC.CC1(C)C(c2ccc(C(=O)O)c(Cl)c2)=CC[C@@]2(C)C1CC[C@]1(C)C2CC[C@@H]2C3CCC[C@]3(CO)CC[C@]21C. The van der Waals surface area contributed by atoms with Gasteiger partial charge in [0.05, 0.1) is 10.6 Å². The summed E-state index contributed by atoms with van der Waals surface area (Å²) < 4.78 is 0. The number of carboxylic acid groups (broad SMARTS) is 1. The Bertz CT molecular complexity index is 1350. The molecule has 0 heterocycles. The van der Waals surface area contributed by atoms with Gasteiger partial charge < -0.3 is 10.2 Å². The number of aliphatic hydroxyl groups is 1. The lowest BCUT2D eigenvalue weighted by atomic mass is 9.33. The summed E-state index contributed by atoms with van der Waals surface area (Å²) in [5.41, 5.74) is 3.71. The fraction of sp³-hybridized carbons (Fsp3) is 0.605. The molecular formula is C43H59ClO3. The highest BCUT2D eigenvalue weighted by Crippen LogP contribution is 2.77. The van der Waals surface area contributed by atoms with E-state index >= 15 is 0 Å². The van der Waals surface area contributed by atoms with E-state index in [2.05, 4.69) is 85.8 Å². The highest BCUT2D eigenvalue weighted by atomic mass is 35.5. The van der Waals surface area contributed by atoms with Crippen molar-refractivity contribution in [3.05, 3.63) is 53.1 Å². The number of fused-ring (bicyclic) bond motifs is 7. The van der Waals surface area contributed by atoms with Gasteiger partial charge in [-0.3, -0.25) is 0 Å². The molecular weight excluding hydrogens is 600 g/mol. The van der Waals surface area contributed by atoms with Crippen LogP contribution in [0.4, 0.5) is 0 Å². The summed E-state index contributed by atoms with van der Waals surface area (Å²) in [6.07, 6.45) is 40.9. The standard InChI is InChI=1S/C34H47ClO3.C3H6.3C2H2/c1-30(2)23(21-8-9-22(29(37)38)26(35)19-21)12-15-31(3)27(30)13-16-33(5)28(31)11-10-24-25-7-6-14-34(25,20-36)18-17-32(24,33)4;1-3-2;3*1-2/h8-9,12,19,24-25,27-28,36H,6-7,10-11,13-18,20H2,1-5H3,(H,37,38);3H,1H2,2H3;3*1-2H/t24-,25?,27?,28?,31+,32-,33-,34-;;;;/m1..../s1. The number of halogens is 1. The Labute approximate surface area is 292 Å². The number of rotatable bonds is 3. The van der Waals surface area contributed by atoms with Crippen LogP contribution < -0.4 is 0 Å². The van der Waals surface area contributed by atoms with Gasteiger partial charge in [-0.25, -0.2) is 4.79 Å². The van der Waals surface area contributed by atoms with Crippen molar-refractivity contribution >= 4 is 23.1 Å². The summed E-state index contributed by atoms with van der Waals surface area (Å²) in [6.45, 7) is 18.4. The van der Waals surface area contributed by atoms with E-state index in [-0.39, 0.29) is 21.8 Å². The monoisotopic (exact) mass is 658 g/mol. The normalized spacial score (nSPS) is 37.0. The quantitative estimate of drug-likeness (QED) is 0.251. The maximum atomic E-state index is 11.5. The zero-order valence-corrected chi connectivity index (χ0v) is 30.6. The van der Waals surface area contributed by atoms with Gasteiger partial charge in [0.25, 0.3) is 0 Å². The average Bonchev–Trinajstić information content (AvgIpc) is 3.49. The summed E-state index contributed by atoms with van der Waals surface area (Å²) in [7, 11) is 0. The maximum absolute atomic E-state index is 11.5. The van der Waals surface area contributed by atoms with Crippen LogP contribution in [0.15, 0.2) is 36.9 Å². The first-order valence-electron chi connectivity index (χ1n) is 17.2. The summed E-state index contributed by atoms with van der Waals surface area (Å²) in [6, 6.07) is 5.50. The van der Waals surface area contributed by atoms with E-state index in [4.69, 9.17) is 11.6 Å². The number of benzene rings is 1. The Hall–Kier alpha value is -2.90. The van der Waals surface area contributed by atoms with Gasteiger partial charge >= 0.3 is 5.97 Å². The van der Waals surface area contributed by atoms with Crippen LogP contribution in [-0.4, -0.2) is 22.8 Å². The van der Waals surface area contributed by atoms with E-state index in [1.54, 1.807) is 12.1 Å². The van der Waals surface area contributed by atoms with Crippen molar-refractivity contribution in [1.29, 1.82) is 0 Å². The van der Waals surface area contributed by atoms with Crippen LogP contribution >= 0.6 is 11.6 Å². The largest absolute Gasteiger partial charge is 0.478 e. The van der Waals surface area contributed by atoms with E-state index in [0.717, 1.165) is 17.9 Å². The number of hydrogen-bond donors (Lipinski definition) is 2. The third-order valence-electron chi connectivity index (χ3n) is 13.9. The van der Waals surface area contributed by atoms with Crippen LogP contribution in [0.25, 0.3) is 5.57 Å². The second-order valence-electron chi connectivity index (χ2n) is 15.6. The van der Waals surface area contributed by atoms with Crippen LogP contribution in [-0.2, 0) is 0 Å². The molecule has 5 aliphatic rings. The molecule has 0 bridgehead atoms. The molecule has 1 aromatic rings. The Morgan fingerprint density at radius 3 is 2.06 bits per heavy atom. The minimum Gasteiger partial charge on any atom is -0.478 e. The molecule has 0 spiro atoms. The molecule has 3 unspecified atom stereocenters. The van der Waals surface area contributed by atoms with Crippen molar-refractivity contribution in [1.82, 2.24) is 0 Å². The third kappa shape index (κ3) is 6.35. The smallest absolute Gasteiger partial charge is 0.337 e. The molecule has 5 aliphatic carbocycles. The van der Waals surface area contributed by atoms with E-state index in [1.807, 2.05) is 19.1 Å². The van der Waals surface area contributed by atoms with Crippen LogP contribution in [0, 0.1) is 89.3 Å². The Morgan fingerprint density at radius 2 is 1.51 bits per heavy atom. The lowest BCUT2D eigenvalue weighted by molar-refractivity contribution is -0.225. The van der Waals surface area contributed by atoms with Crippen LogP contribution in [0.1, 0.15) is 122 Å². The van der Waals surface area contributed by atoms with Gasteiger partial charge in [0, 0.05) is 6.61 Å². The van der Waals surface area contributed by atoms with Gasteiger partial charge in [-0.05, 0) is 139 Å². The Kier molecular flexibility index (Phi) is 13.3. The van der Waals surface area contributed by atoms with Crippen molar-refractivity contribution in [2.45, 2.75) is 106 Å². The molecule has 0 aliphatic heterocycles. The molecule has 6 rings (SSSR count). The molecule has 1 aromatic carbocycles. The number of terminal acetylenes is 3. The molecule has 0 saturated heterocycles. The number of aliphatic hydroxyl groups excluding tert-OH is 1. The van der Waals surface area contributed by atoms with Crippen molar-refractivity contribution in [2.75, 3.05) is 6.61 Å². The Balaban J connectivity index is 0.000000782. The van der Waals surface area contributed by atoms with Crippen molar-refractivity contribution in [2.24, 2.45) is 50.7 Å². The number of carbonyl (C=O) groups is 1. The number of allylic oxidation sites excluding steroid dienone is 3. The summed E-state index contributed by atoms with van der Waals surface area (Å²) >= 11 is 6.43. The predicted molar refractivity (Wildman–Crippen MR) is 200 cm³/mol. The summed E-state index contributed by atoms with van der Waals surface area (Å²) in [5, 5.41) is 20.3. The van der Waals surface area contributed by atoms with Gasteiger partial charge in [0.1, 0.15) is 0 Å². The van der Waals surface area contributed by atoms with E-state index in [0.29, 0.717) is 40.2 Å². The molecule has 4 heteroatoms. The highest BCUT2D eigenvalue weighted by Gasteiger charge is 2.69. The second-order valence-corrected chi connectivity index (χ2v) is 16.0. The minimum atomic E-state index is -0.974. The van der Waals surface area contributed by atoms with Crippen molar-refractivity contribution in [3.63, 3.8) is 0 Å². The van der Waals surface area contributed by atoms with Gasteiger partial charge in [-0.2, -0.15) is 0 Å². The molecule has 0 amide bonds. The average molecular weight is 659 g/mol. The molecule has 256 valence electrons. The lowest BCUT2D eigenvalue weighted by Gasteiger charge is -2.72. The lowest BCUT2D eigenvalue weighted by Crippen LogP contribution is -2.65. The van der Waals surface area contributed by atoms with Gasteiger partial charge in [0.15, 0.2) is 0 Å². The minimum absolute atomic E-state index is 0.00971. The molecule has 3 nitrogen and oxygen atoms in total. The van der Waals surface area contributed by atoms with E-state index in [9.17, 15) is 15.0 Å². The van der Waals surface area contributed by atoms with E-state index in [1.165, 1.54) is 63.4 Å². The summed E-state index contributed by atoms with van der Waals surface area (Å²) in [5.74, 6) is 1.77. The second kappa shape index (κ2) is 15.5. The Morgan fingerprint density at radius 1 is 0.894 bits per heavy atom. The van der Waals surface area contributed by atoms with Crippen LogP contribution in [0.2, 0.25) is 5.02 Å². The van der Waals surface area contributed by atoms with Crippen LogP contribution in [0.5, 0.6) is 0 Å². The first-order valence-corrected chi connectivity index (χ1v) is 17.6. The van der Waals surface area contributed by atoms with E-state index < -0.39 is 5.97 Å². The van der Waals surface area contributed by atoms with Gasteiger partial charge in [-0.15, -0.1) is 45.1 Å². The molecule has 4 fully saturated rings. The molecule has 8 atom stereocenters. The van der Waals surface area contributed by atoms with Gasteiger partial charge in [-0.1, -0.05) is 70.9 Å². The third-order valence-corrected chi connectivity index (χ3v) is 14.3. The van der Waals surface area contributed by atoms with Crippen LogP contribution in [0.3, 0.4) is 0 Å². The highest BCUT2D eigenvalue weighted by molar-refractivity contribution is 6.33. The zero-order valence-electron chi connectivity index (χ0n) is 29.8. The molecule has 47 heavy (non-hydrogen) atoms. The molecule has 4 saturated carbocycles. The molecule has 2 N–H and O–H groups in total. The van der Waals surface area contributed by atoms with Crippen molar-refractivity contribution < 1.29 is 15.0 Å². The molecule has 0 aromatic heterocycles. The molecule has 0 radical (unpaired) electrons. The fourth-order valence-electron chi connectivity index (χ4n) is 11.9. The number of aromatic carboxylic acids is 1. The fourth-order valence-corrected chi connectivity index (χ4v) is 12.2. The topological polar surface area (TPSA) is 57.5 Å². The number of hydrogen-bond acceptors (Lipinski definition) is 2. The summed E-state index contributed by atoms with van der Waals surface area (Å²) in [4.78, 5) is 11.5. The van der Waals surface area contributed by atoms with Crippen molar-refractivity contribution in [3.8, 4) is 38.5 Å². The predicted octanol–water partition coefficient (Wildman–Crippen LogP) is 10.8. The van der Waals surface area contributed by atoms with Gasteiger partial charge in [0.2, 0.25) is 0 Å². The first kappa shape index (κ1) is 40.3. The maximum Gasteiger partial charge on any atom is 0.337 e.